The van der Waals surface area contributed by atoms with Crippen LogP contribution in [0, 0.1) is 11.8 Å². The lowest BCUT2D eigenvalue weighted by atomic mass is 9.94. The molecule has 0 saturated heterocycles. The van der Waals surface area contributed by atoms with Crippen molar-refractivity contribution in [3.8, 4) is 0 Å². The SMILES string of the molecule is CCCCCCCC(CCCCCCC)C(=O)OCCCCCCCCCCCCCOC(=O)C(CCCCCCC)CCCCCCC. The lowest BCUT2D eigenvalue weighted by Crippen LogP contribution is -2.18. The van der Waals surface area contributed by atoms with Crippen LogP contribution in [0.5, 0.6) is 0 Å². The molecule has 0 aliphatic heterocycles. The first-order valence-corrected chi connectivity index (χ1v) is 22.4. The Labute approximate surface area is 307 Å². The highest BCUT2D eigenvalue weighted by Gasteiger charge is 2.20. The Hall–Kier alpha value is -1.06. The first-order chi connectivity index (χ1) is 24.1. The molecule has 0 N–H and O–H groups in total. The fourth-order valence-electron chi connectivity index (χ4n) is 7.11. The molecule has 4 heteroatoms. The maximum absolute atomic E-state index is 12.8. The minimum atomic E-state index is 0.0784. The van der Waals surface area contributed by atoms with Crippen LogP contribution in [0.4, 0.5) is 0 Å². The van der Waals surface area contributed by atoms with Crippen LogP contribution in [0.25, 0.3) is 0 Å². The van der Waals surface area contributed by atoms with E-state index in [-0.39, 0.29) is 23.8 Å². The minimum absolute atomic E-state index is 0.0784. The Balaban J connectivity index is 3.89. The van der Waals surface area contributed by atoms with Crippen LogP contribution >= 0.6 is 0 Å². The van der Waals surface area contributed by atoms with Gasteiger partial charge < -0.3 is 9.47 Å². The molecule has 0 radical (unpaired) electrons. The molecule has 49 heavy (non-hydrogen) atoms. The average molecular weight is 693 g/mol. The zero-order valence-electron chi connectivity index (χ0n) is 34.0. The first kappa shape index (κ1) is 47.9. The number of ether oxygens (including phenoxy) is 2. The summed E-state index contributed by atoms with van der Waals surface area (Å²) in [5.41, 5.74) is 0. The molecular formula is C45H88O4. The number of unbranched alkanes of at least 4 members (excludes halogenated alkanes) is 26. The summed E-state index contributed by atoms with van der Waals surface area (Å²) >= 11 is 0. The highest BCUT2D eigenvalue weighted by Crippen LogP contribution is 2.22. The molecule has 0 aromatic heterocycles. The maximum Gasteiger partial charge on any atom is 0.308 e. The number of carbonyl (C=O) groups excluding carboxylic acids is 2. The molecule has 4 nitrogen and oxygen atoms in total. The van der Waals surface area contributed by atoms with Gasteiger partial charge in [-0.3, -0.25) is 9.59 Å². The molecule has 0 bridgehead atoms. The van der Waals surface area contributed by atoms with E-state index >= 15 is 0 Å². The average Bonchev–Trinajstić information content (AvgIpc) is 3.10. The molecule has 292 valence electrons. The molecule has 0 fully saturated rings. The van der Waals surface area contributed by atoms with Gasteiger partial charge in [-0.15, -0.1) is 0 Å². The van der Waals surface area contributed by atoms with Gasteiger partial charge in [0.15, 0.2) is 0 Å². The van der Waals surface area contributed by atoms with Crippen LogP contribution in [-0.2, 0) is 19.1 Å². The van der Waals surface area contributed by atoms with E-state index in [0.29, 0.717) is 13.2 Å². The predicted octanol–water partition coefficient (Wildman–Crippen LogP) is 15.0. The minimum Gasteiger partial charge on any atom is -0.465 e. The zero-order chi connectivity index (χ0) is 35.9. The van der Waals surface area contributed by atoms with Crippen molar-refractivity contribution in [1.29, 1.82) is 0 Å². The quantitative estimate of drug-likeness (QED) is 0.0474. The van der Waals surface area contributed by atoms with Crippen LogP contribution in [0.1, 0.15) is 252 Å². The van der Waals surface area contributed by atoms with Crippen LogP contribution in [0.15, 0.2) is 0 Å². The largest absolute Gasteiger partial charge is 0.465 e. The summed E-state index contributed by atoms with van der Waals surface area (Å²) in [6, 6.07) is 0. The van der Waals surface area contributed by atoms with Crippen LogP contribution < -0.4 is 0 Å². The van der Waals surface area contributed by atoms with E-state index in [1.165, 1.54) is 186 Å². The smallest absolute Gasteiger partial charge is 0.308 e. The Morgan fingerprint density at radius 1 is 0.306 bits per heavy atom. The van der Waals surface area contributed by atoms with Gasteiger partial charge in [0, 0.05) is 0 Å². The molecule has 0 rings (SSSR count). The third kappa shape index (κ3) is 33.8. The van der Waals surface area contributed by atoms with E-state index in [9.17, 15) is 9.59 Å². The normalized spacial score (nSPS) is 11.6. The summed E-state index contributed by atoms with van der Waals surface area (Å²) in [5, 5.41) is 0. The fourth-order valence-corrected chi connectivity index (χ4v) is 7.11. The highest BCUT2D eigenvalue weighted by molar-refractivity contribution is 5.72. The lowest BCUT2D eigenvalue weighted by Gasteiger charge is -2.16. The third-order valence-electron chi connectivity index (χ3n) is 10.6. The second kappa shape index (κ2) is 39.7. The van der Waals surface area contributed by atoms with Gasteiger partial charge in [-0.1, -0.05) is 214 Å². The van der Waals surface area contributed by atoms with Gasteiger partial charge in [-0.25, -0.2) is 0 Å². The fraction of sp³-hybridized carbons (Fsp3) is 0.956. The van der Waals surface area contributed by atoms with Gasteiger partial charge in [-0.2, -0.15) is 0 Å². The Morgan fingerprint density at radius 2 is 0.510 bits per heavy atom. The topological polar surface area (TPSA) is 52.6 Å². The molecule has 0 amide bonds. The van der Waals surface area contributed by atoms with E-state index in [0.717, 1.165) is 38.5 Å². The van der Waals surface area contributed by atoms with E-state index in [4.69, 9.17) is 9.47 Å². The predicted molar refractivity (Wildman–Crippen MR) is 213 cm³/mol. The standard InChI is InChI=1S/C45H88O4/c1-5-9-13-24-30-36-42(37-31-25-14-10-6-2)44(46)48-40-34-28-22-20-18-17-19-21-23-29-35-41-49-45(47)43(38-32-26-15-11-7-3)39-33-27-16-12-8-4/h42-43H,5-41H2,1-4H3. The van der Waals surface area contributed by atoms with Crippen molar-refractivity contribution < 1.29 is 19.1 Å². The molecule has 0 aromatic rings. The summed E-state index contributed by atoms with van der Waals surface area (Å²) in [4.78, 5) is 25.7. The molecular weight excluding hydrogens is 604 g/mol. The van der Waals surface area contributed by atoms with Gasteiger partial charge in [-0.05, 0) is 38.5 Å². The summed E-state index contributed by atoms with van der Waals surface area (Å²) in [5.74, 6) is 0.398. The third-order valence-corrected chi connectivity index (χ3v) is 10.6. The molecule has 0 aliphatic rings. The van der Waals surface area contributed by atoms with Crippen molar-refractivity contribution in [2.75, 3.05) is 13.2 Å². The van der Waals surface area contributed by atoms with Crippen molar-refractivity contribution in [3.05, 3.63) is 0 Å². The number of carbonyl (C=O) groups is 2. The Bertz CT molecular complexity index is 593. The van der Waals surface area contributed by atoms with Gasteiger partial charge in [0.2, 0.25) is 0 Å². The van der Waals surface area contributed by atoms with Crippen molar-refractivity contribution in [1.82, 2.24) is 0 Å². The second-order valence-corrected chi connectivity index (χ2v) is 15.4. The Kier molecular flexibility index (Phi) is 38.9. The van der Waals surface area contributed by atoms with Crippen molar-refractivity contribution in [2.45, 2.75) is 252 Å². The maximum atomic E-state index is 12.8. The number of hydrogen-bond donors (Lipinski definition) is 0. The van der Waals surface area contributed by atoms with Crippen LogP contribution in [-0.4, -0.2) is 25.2 Å². The van der Waals surface area contributed by atoms with Crippen molar-refractivity contribution in [3.63, 3.8) is 0 Å². The Morgan fingerprint density at radius 3 is 0.755 bits per heavy atom. The van der Waals surface area contributed by atoms with Crippen molar-refractivity contribution in [2.24, 2.45) is 11.8 Å². The van der Waals surface area contributed by atoms with Gasteiger partial charge in [0.25, 0.3) is 0 Å². The van der Waals surface area contributed by atoms with Gasteiger partial charge >= 0.3 is 11.9 Å². The second-order valence-electron chi connectivity index (χ2n) is 15.4. The monoisotopic (exact) mass is 693 g/mol. The molecule has 0 heterocycles. The summed E-state index contributed by atoms with van der Waals surface area (Å²) in [6.07, 6.45) is 42.7. The summed E-state index contributed by atoms with van der Waals surface area (Å²) in [6.45, 7) is 10.2. The summed E-state index contributed by atoms with van der Waals surface area (Å²) in [7, 11) is 0. The molecule has 0 saturated carbocycles. The van der Waals surface area contributed by atoms with E-state index in [1.54, 1.807) is 0 Å². The molecule has 0 spiro atoms. The number of rotatable bonds is 40. The lowest BCUT2D eigenvalue weighted by molar-refractivity contribution is -0.150. The van der Waals surface area contributed by atoms with Gasteiger partial charge in [0.05, 0.1) is 25.0 Å². The van der Waals surface area contributed by atoms with Crippen LogP contribution in [0.3, 0.4) is 0 Å². The van der Waals surface area contributed by atoms with Crippen molar-refractivity contribution >= 4 is 11.9 Å². The van der Waals surface area contributed by atoms with Gasteiger partial charge in [0.1, 0.15) is 0 Å². The van der Waals surface area contributed by atoms with E-state index in [2.05, 4.69) is 27.7 Å². The highest BCUT2D eigenvalue weighted by atomic mass is 16.5. The van der Waals surface area contributed by atoms with E-state index in [1.807, 2.05) is 0 Å². The molecule has 0 aliphatic carbocycles. The summed E-state index contributed by atoms with van der Waals surface area (Å²) < 4.78 is 11.5. The van der Waals surface area contributed by atoms with E-state index < -0.39 is 0 Å². The molecule has 0 unspecified atom stereocenters. The number of hydrogen-bond acceptors (Lipinski definition) is 4. The number of esters is 2. The first-order valence-electron chi connectivity index (χ1n) is 22.4. The van der Waals surface area contributed by atoms with Crippen LogP contribution in [0.2, 0.25) is 0 Å². The zero-order valence-corrected chi connectivity index (χ0v) is 34.0. The molecule has 0 atom stereocenters. The molecule has 0 aromatic carbocycles.